The van der Waals surface area contributed by atoms with Crippen molar-refractivity contribution in [2.75, 3.05) is 25.6 Å². The fraction of sp³-hybridized carbons (Fsp3) is 0.357. The minimum Gasteiger partial charge on any atom is -0.495 e. The first-order chi connectivity index (χ1) is 10.0. The molecule has 0 unspecified atom stereocenters. The summed E-state index contributed by atoms with van der Waals surface area (Å²) in [5.41, 5.74) is 0.499. The van der Waals surface area contributed by atoms with Gasteiger partial charge in [-0.25, -0.2) is 0 Å². The summed E-state index contributed by atoms with van der Waals surface area (Å²) >= 11 is 0. The van der Waals surface area contributed by atoms with Gasteiger partial charge in [0, 0.05) is 13.5 Å². The summed E-state index contributed by atoms with van der Waals surface area (Å²) in [6.07, 6.45) is 0.0154. The molecule has 0 radical (unpaired) electrons. The van der Waals surface area contributed by atoms with Gasteiger partial charge in [0.2, 0.25) is 5.91 Å². The normalized spacial score (nSPS) is 9.62. The van der Waals surface area contributed by atoms with Crippen molar-refractivity contribution in [1.82, 2.24) is 5.32 Å². The van der Waals surface area contributed by atoms with Crippen LogP contribution in [0.4, 0.5) is 5.69 Å². The van der Waals surface area contributed by atoms with E-state index in [2.05, 4.69) is 10.6 Å². The maximum Gasteiger partial charge on any atom is 0.308 e. The van der Waals surface area contributed by atoms with Gasteiger partial charge in [-0.1, -0.05) is 12.1 Å². The lowest BCUT2D eigenvalue weighted by molar-refractivity contribution is -0.147. The molecule has 0 aliphatic rings. The maximum atomic E-state index is 11.7. The predicted octanol–water partition coefficient (Wildman–Crippen LogP) is 0.703. The Bertz CT molecular complexity index is 516. The molecule has 0 spiro atoms. The van der Waals surface area contributed by atoms with Crippen LogP contribution in [0.5, 0.6) is 5.75 Å². The van der Waals surface area contributed by atoms with Gasteiger partial charge >= 0.3 is 5.97 Å². The van der Waals surface area contributed by atoms with Crippen LogP contribution in [-0.2, 0) is 19.1 Å². The number of carbonyl (C=O) groups is 3. The first-order valence-electron chi connectivity index (χ1n) is 6.36. The van der Waals surface area contributed by atoms with Crippen molar-refractivity contribution in [1.29, 1.82) is 0 Å². The first-order valence-corrected chi connectivity index (χ1v) is 6.36. The molecule has 0 saturated heterocycles. The second-order valence-electron chi connectivity index (χ2n) is 4.14. The van der Waals surface area contributed by atoms with Crippen LogP contribution >= 0.6 is 0 Å². The van der Waals surface area contributed by atoms with Crippen molar-refractivity contribution in [2.45, 2.75) is 13.3 Å². The number of esters is 1. The van der Waals surface area contributed by atoms with Gasteiger partial charge in [0.05, 0.1) is 19.2 Å². The number of benzene rings is 1. The molecule has 0 fully saturated rings. The molecule has 0 atom stereocenters. The summed E-state index contributed by atoms with van der Waals surface area (Å²) in [5, 5.41) is 5.04. The topological polar surface area (TPSA) is 93.7 Å². The zero-order valence-electron chi connectivity index (χ0n) is 12.0. The van der Waals surface area contributed by atoms with Crippen LogP contribution in [0.2, 0.25) is 0 Å². The second kappa shape index (κ2) is 8.57. The average molecular weight is 294 g/mol. The second-order valence-corrected chi connectivity index (χ2v) is 4.14. The third kappa shape index (κ3) is 6.42. The Morgan fingerprint density at radius 3 is 2.57 bits per heavy atom. The molecule has 2 N–H and O–H groups in total. The average Bonchev–Trinajstić information content (AvgIpc) is 2.45. The van der Waals surface area contributed by atoms with Crippen molar-refractivity contribution < 1.29 is 23.9 Å². The van der Waals surface area contributed by atoms with Crippen LogP contribution < -0.4 is 15.4 Å². The molecular weight excluding hydrogens is 276 g/mol. The third-order valence-corrected chi connectivity index (χ3v) is 2.45. The molecule has 1 aromatic rings. The van der Waals surface area contributed by atoms with Gasteiger partial charge in [-0.3, -0.25) is 14.4 Å². The van der Waals surface area contributed by atoms with Gasteiger partial charge in [0.25, 0.3) is 5.91 Å². The highest BCUT2D eigenvalue weighted by atomic mass is 16.5. The highest BCUT2D eigenvalue weighted by molar-refractivity contribution is 5.94. The number of hydrogen-bond acceptors (Lipinski definition) is 5. The molecule has 2 amide bonds. The van der Waals surface area contributed by atoms with Gasteiger partial charge < -0.3 is 20.1 Å². The van der Waals surface area contributed by atoms with Crippen LogP contribution in [0, 0.1) is 0 Å². The van der Waals surface area contributed by atoms with E-state index in [1.807, 2.05) is 0 Å². The molecule has 0 aliphatic carbocycles. The van der Waals surface area contributed by atoms with Crippen molar-refractivity contribution in [3.63, 3.8) is 0 Å². The number of hydrogen-bond donors (Lipinski definition) is 2. The summed E-state index contributed by atoms with van der Waals surface area (Å²) in [4.78, 5) is 33.6. The zero-order valence-corrected chi connectivity index (χ0v) is 12.0. The van der Waals surface area contributed by atoms with Gasteiger partial charge in [0.1, 0.15) is 5.75 Å². The predicted molar refractivity (Wildman–Crippen MR) is 75.9 cm³/mol. The van der Waals surface area contributed by atoms with E-state index in [1.54, 1.807) is 24.3 Å². The number of anilines is 1. The number of methoxy groups -OCH3 is 1. The molecular formula is C14H18N2O5. The highest BCUT2D eigenvalue weighted by Crippen LogP contribution is 2.22. The molecule has 7 heteroatoms. The number of amides is 2. The van der Waals surface area contributed by atoms with E-state index < -0.39 is 18.5 Å². The van der Waals surface area contributed by atoms with E-state index in [1.165, 1.54) is 14.0 Å². The Kier molecular flexibility index (Phi) is 6.73. The molecule has 1 rings (SSSR count). The third-order valence-electron chi connectivity index (χ3n) is 2.45. The van der Waals surface area contributed by atoms with Crippen molar-refractivity contribution >= 4 is 23.5 Å². The summed E-state index contributed by atoms with van der Waals surface area (Å²) in [7, 11) is 1.49. The zero-order chi connectivity index (χ0) is 15.7. The lowest BCUT2D eigenvalue weighted by atomic mass is 10.3. The van der Waals surface area contributed by atoms with Gasteiger partial charge in [-0.2, -0.15) is 0 Å². The summed E-state index contributed by atoms with van der Waals surface area (Å²) in [6.45, 7) is 1.14. The largest absolute Gasteiger partial charge is 0.495 e. The Morgan fingerprint density at radius 2 is 1.90 bits per heavy atom. The Hall–Kier alpha value is -2.57. The molecule has 1 aromatic carbocycles. The van der Waals surface area contributed by atoms with Crippen LogP contribution in [-0.4, -0.2) is 38.0 Å². The van der Waals surface area contributed by atoms with E-state index in [4.69, 9.17) is 9.47 Å². The minimum atomic E-state index is -0.557. The highest BCUT2D eigenvalue weighted by Gasteiger charge is 2.10. The van der Waals surface area contributed by atoms with Crippen LogP contribution in [0.25, 0.3) is 0 Å². The Labute approximate surface area is 122 Å². The molecule has 7 nitrogen and oxygen atoms in total. The fourth-order valence-corrected chi connectivity index (χ4v) is 1.49. The van der Waals surface area contributed by atoms with Crippen molar-refractivity contribution in [3.8, 4) is 5.75 Å². The number of ether oxygens (including phenoxy) is 2. The molecule has 0 aliphatic heterocycles. The van der Waals surface area contributed by atoms with Crippen LogP contribution in [0.15, 0.2) is 24.3 Å². The van der Waals surface area contributed by atoms with E-state index in [0.29, 0.717) is 11.4 Å². The van der Waals surface area contributed by atoms with E-state index in [-0.39, 0.29) is 18.9 Å². The number of nitrogens with one attached hydrogen (secondary N) is 2. The lowest BCUT2D eigenvalue weighted by Gasteiger charge is -2.10. The minimum absolute atomic E-state index is 0.0154. The van der Waals surface area contributed by atoms with Crippen molar-refractivity contribution in [2.24, 2.45) is 0 Å². The summed E-state index contributed by atoms with van der Waals surface area (Å²) < 4.78 is 9.87. The van der Waals surface area contributed by atoms with Gasteiger partial charge in [-0.05, 0) is 12.1 Å². The molecule has 0 aromatic heterocycles. The van der Waals surface area contributed by atoms with Gasteiger partial charge in [0.15, 0.2) is 6.61 Å². The standard InChI is InChI=1S/C14H18N2O5/c1-10(17)15-8-7-14(19)21-9-13(18)16-11-5-3-4-6-12(11)20-2/h3-6H,7-9H2,1-2H3,(H,15,17)(H,16,18). The molecule has 114 valence electrons. The monoisotopic (exact) mass is 294 g/mol. The summed E-state index contributed by atoms with van der Waals surface area (Å²) in [6, 6.07) is 6.90. The Balaban J connectivity index is 2.34. The summed E-state index contributed by atoms with van der Waals surface area (Å²) in [5.74, 6) is -0.731. The van der Waals surface area contributed by atoms with Crippen LogP contribution in [0.1, 0.15) is 13.3 Å². The molecule has 0 saturated carbocycles. The number of rotatable bonds is 7. The van der Waals surface area contributed by atoms with E-state index >= 15 is 0 Å². The molecule has 0 bridgehead atoms. The van der Waals surface area contributed by atoms with Crippen LogP contribution in [0.3, 0.4) is 0 Å². The SMILES string of the molecule is COc1ccccc1NC(=O)COC(=O)CCNC(C)=O. The Morgan fingerprint density at radius 1 is 1.19 bits per heavy atom. The lowest BCUT2D eigenvalue weighted by Crippen LogP contribution is -2.26. The number of para-hydroxylation sites is 2. The molecule has 0 heterocycles. The maximum absolute atomic E-state index is 11.7. The van der Waals surface area contributed by atoms with Crippen molar-refractivity contribution in [3.05, 3.63) is 24.3 Å². The number of carbonyl (C=O) groups excluding carboxylic acids is 3. The smallest absolute Gasteiger partial charge is 0.308 e. The quantitative estimate of drug-likeness (QED) is 0.722. The van der Waals surface area contributed by atoms with E-state index in [9.17, 15) is 14.4 Å². The fourth-order valence-electron chi connectivity index (χ4n) is 1.49. The molecule has 21 heavy (non-hydrogen) atoms. The first kappa shape index (κ1) is 16.5. The van der Waals surface area contributed by atoms with E-state index in [0.717, 1.165) is 0 Å². The van der Waals surface area contributed by atoms with Gasteiger partial charge in [-0.15, -0.1) is 0 Å².